The predicted octanol–water partition coefficient (Wildman–Crippen LogP) is 3.11. The van der Waals surface area contributed by atoms with Gasteiger partial charge in [-0.1, -0.05) is 36.4 Å². The number of rotatable bonds is 6. The van der Waals surface area contributed by atoms with Crippen LogP contribution in [0.5, 0.6) is 0 Å². The number of para-hydroxylation sites is 2. The first-order chi connectivity index (χ1) is 16.0. The molecule has 0 unspecified atom stereocenters. The molecule has 0 radical (unpaired) electrons. The molecule has 1 aromatic heterocycles. The number of aryl methyl sites for hydroxylation is 2. The van der Waals surface area contributed by atoms with E-state index in [0.29, 0.717) is 12.2 Å². The van der Waals surface area contributed by atoms with E-state index in [-0.39, 0.29) is 17.5 Å². The minimum atomic E-state index is -0.292. The van der Waals surface area contributed by atoms with Crippen molar-refractivity contribution >= 4 is 29.0 Å². The molecule has 0 bridgehead atoms. The minimum Gasteiger partial charge on any atom is -0.353 e. The fourth-order valence-electron chi connectivity index (χ4n) is 3.86. The number of carbonyl (C=O) groups excluding carboxylic acids is 2. The van der Waals surface area contributed by atoms with Gasteiger partial charge in [0, 0.05) is 37.6 Å². The van der Waals surface area contributed by atoms with Gasteiger partial charge in [0.1, 0.15) is 0 Å². The molecule has 2 amide bonds. The van der Waals surface area contributed by atoms with Crippen LogP contribution in [0.4, 0.5) is 17.2 Å². The van der Waals surface area contributed by atoms with Gasteiger partial charge in [0.15, 0.2) is 11.5 Å². The number of amides is 2. The monoisotopic (exact) mass is 444 g/mol. The molecule has 0 spiro atoms. The van der Waals surface area contributed by atoms with Gasteiger partial charge in [-0.3, -0.25) is 14.5 Å². The fourth-order valence-corrected chi connectivity index (χ4v) is 3.86. The van der Waals surface area contributed by atoms with Crippen molar-refractivity contribution in [2.24, 2.45) is 0 Å². The van der Waals surface area contributed by atoms with E-state index in [1.54, 1.807) is 6.07 Å². The Kier molecular flexibility index (Phi) is 6.95. The number of nitrogens with zero attached hydrogens (tertiary/aromatic N) is 4. The molecular weight excluding hydrogens is 416 g/mol. The Balaban J connectivity index is 1.27. The van der Waals surface area contributed by atoms with Crippen molar-refractivity contribution in [1.82, 2.24) is 15.1 Å². The molecule has 3 aromatic rings. The molecule has 170 valence electrons. The van der Waals surface area contributed by atoms with Gasteiger partial charge in [0.2, 0.25) is 5.91 Å². The van der Waals surface area contributed by atoms with Crippen molar-refractivity contribution in [2.45, 2.75) is 13.8 Å². The number of carbonyl (C=O) groups is 2. The van der Waals surface area contributed by atoms with E-state index >= 15 is 0 Å². The largest absolute Gasteiger partial charge is 0.353 e. The quantitative estimate of drug-likeness (QED) is 0.607. The first-order valence-electron chi connectivity index (χ1n) is 11.0. The SMILES string of the molecule is Cc1cccc(C)c1NC(=O)CN1CCN(c2ccc(C(=O)Nc3ccccc3)nn2)CC1. The molecule has 0 aliphatic carbocycles. The van der Waals surface area contributed by atoms with Gasteiger partial charge in [0.05, 0.1) is 6.54 Å². The zero-order valence-electron chi connectivity index (χ0n) is 18.9. The number of piperazine rings is 1. The Hall–Kier alpha value is -3.78. The minimum absolute atomic E-state index is 0.00516. The standard InChI is InChI=1S/C25H28N6O2/c1-18-7-6-8-19(2)24(18)27-23(32)17-30-13-15-31(16-14-30)22-12-11-21(28-29-22)25(33)26-20-9-4-3-5-10-20/h3-12H,13-17H2,1-2H3,(H,26,33)(H,27,32). The lowest BCUT2D eigenvalue weighted by molar-refractivity contribution is -0.117. The molecule has 1 saturated heterocycles. The summed E-state index contributed by atoms with van der Waals surface area (Å²) in [5, 5.41) is 14.2. The maximum atomic E-state index is 12.5. The third-order valence-electron chi connectivity index (χ3n) is 5.72. The van der Waals surface area contributed by atoms with Gasteiger partial charge in [-0.15, -0.1) is 10.2 Å². The zero-order chi connectivity index (χ0) is 23.2. The summed E-state index contributed by atoms with van der Waals surface area (Å²) in [6.45, 7) is 7.32. The molecule has 33 heavy (non-hydrogen) atoms. The number of aromatic nitrogens is 2. The highest BCUT2D eigenvalue weighted by atomic mass is 16.2. The van der Waals surface area contributed by atoms with Gasteiger partial charge < -0.3 is 15.5 Å². The van der Waals surface area contributed by atoms with Crippen LogP contribution < -0.4 is 15.5 Å². The number of anilines is 3. The van der Waals surface area contributed by atoms with Crippen LogP contribution in [0.25, 0.3) is 0 Å². The van der Waals surface area contributed by atoms with Crippen LogP contribution in [0.1, 0.15) is 21.6 Å². The smallest absolute Gasteiger partial charge is 0.276 e. The van der Waals surface area contributed by atoms with E-state index in [9.17, 15) is 9.59 Å². The summed E-state index contributed by atoms with van der Waals surface area (Å²) in [7, 11) is 0. The summed E-state index contributed by atoms with van der Waals surface area (Å²) >= 11 is 0. The fraction of sp³-hybridized carbons (Fsp3) is 0.280. The van der Waals surface area contributed by atoms with Crippen molar-refractivity contribution in [3.63, 3.8) is 0 Å². The summed E-state index contributed by atoms with van der Waals surface area (Å²) in [6.07, 6.45) is 0. The maximum Gasteiger partial charge on any atom is 0.276 e. The number of hydrogen-bond acceptors (Lipinski definition) is 6. The van der Waals surface area contributed by atoms with E-state index in [1.807, 2.05) is 68.4 Å². The third-order valence-corrected chi connectivity index (χ3v) is 5.72. The topological polar surface area (TPSA) is 90.5 Å². The van der Waals surface area contributed by atoms with Gasteiger partial charge in [0.25, 0.3) is 5.91 Å². The molecule has 0 saturated carbocycles. The molecule has 8 nitrogen and oxygen atoms in total. The lowest BCUT2D eigenvalue weighted by atomic mass is 10.1. The van der Waals surface area contributed by atoms with Gasteiger partial charge in [-0.2, -0.15) is 0 Å². The second-order valence-electron chi connectivity index (χ2n) is 8.18. The van der Waals surface area contributed by atoms with E-state index in [0.717, 1.165) is 48.8 Å². The van der Waals surface area contributed by atoms with E-state index < -0.39 is 0 Å². The van der Waals surface area contributed by atoms with Crippen LogP contribution in [0, 0.1) is 13.8 Å². The van der Waals surface area contributed by atoms with Crippen LogP contribution in [-0.2, 0) is 4.79 Å². The van der Waals surface area contributed by atoms with Gasteiger partial charge >= 0.3 is 0 Å². The van der Waals surface area contributed by atoms with Crippen LogP contribution >= 0.6 is 0 Å². The van der Waals surface area contributed by atoms with Crippen molar-refractivity contribution in [1.29, 1.82) is 0 Å². The molecule has 1 fully saturated rings. The molecule has 8 heteroatoms. The van der Waals surface area contributed by atoms with Gasteiger partial charge in [-0.25, -0.2) is 0 Å². The highest BCUT2D eigenvalue weighted by Crippen LogP contribution is 2.19. The van der Waals surface area contributed by atoms with Gasteiger partial charge in [-0.05, 0) is 49.2 Å². The molecule has 1 aliphatic heterocycles. The Bertz CT molecular complexity index is 1090. The Labute approximate surface area is 193 Å². The Morgan fingerprint density at radius 2 is 1.52 bits per heavy atom. The molecule has 2 N–H and O–H groups in total. The normalized spacial score (nSPS) is 14.1. The molecular formula is C25H28N6O2. The Morgan fingerprint density at radius 1 is 0.818 bits per heavy atom. The second kappa shape index (κ2) is 10.2. The highest BCUT2D eigenvalue weighted by Gasteiger charge is 2.21. The molecule has 2 heterocycles. The average molecular weight is 445 g/mol. The number of benzene rings is 2. The molecule has 0 atom stereocenters. The van der Waals surface area contributed by atoms with Crippen LogP contribution in [0.2, 0.25) is 0 Å². The number of hydrogen-bond donors (Lipinski definition) is 2. The lowest BCUT2D eigenvalue weighted by Gasteiger charge is -2.34. The maximum absolute atomic E-state index is 12.5. The van der Waals surface area contributed by atoms with Crippen LogP contribution in [0.15, 0.2) is 60.7 Å². The zero-order valence-corrected chi connectivity index (χ0v) is 18.9. The van der Waals surface area contributed by atoms with Crippen molar-refractivity contribution in [2.75, 3.05) is 48.3 Å². The lowest BCUT2D eigenvalue weighted by Crippen LogP contribution is -2.49. The van der Waals surface area contributed by atoms with Crippen LogP contribution in [-0.4, -0.2) is 59.6 Å². The van der Waals surface area contributed by atoms with E-state index in [4.69, 9.17) is 0 Å². The second-order valence-corrected chi connectivity index (χ2v) is 8.18. The van der Waals surface area contributed by atoms with Crippen LogP contribution in [0.3, 0.4) is 0 Å². The summed E-state index contributed by atoms with van der Waals surface area (Å²) in [6, 6.07) is 18.7. The number of nitrogens with one attached hydrogen (secondary N) is 2. The summed E-state index contributed by atoms with van der Waals surface area (Å²) in [5.74, 6) is 0.431. The van der Waals surface area contributed by atoms with Crippen molar-refractivity contribution < 1.29 is 9.59 Å². The Morgan fingerprint density at radius 3 is 2.15 bits per heavy atom. The summed E-state index contributed by atoms with van der Waals surface area (Å²) in [5.41, 5.74) is 4.00. The van der Waals surface area contributed by atoms with E-state index in [1.165, 1.54) is 0 Å². The molecule has 1 aliphatic rings. The first kappa shape index (κ1) is 22.4. The predicted molar refractivity (Wildman–Crippen MR) is 130 cm³/mol. The third kappa shape index (κ3) is 5.72. The molecule has 2 aromatic carbocycles. The average Bonchev–Trinajstić information content (AvgIpc) is 2.83. The highest BCUT2D eigenvalue weighted by molar-refractivity contribution is 6.02. The summed E-state index contributed by atoms with van der Waals surface area (Å²) < 4.78 is 0. The van der Waals surface area contributed by atoms with E-state index in [2.05, 4.69) is 30.6 Å². The van der Waals surface area contributed by atoms with Crippen molar-refractivity contribution in [3.8, 4) is 0 Å². The van der Waals surface area contributed by atoms with Crippen molar-refractivity contribution in [3.05, 3.63) is 77.5 Å². The first-order valence-corrected chi connectivity index (χ1v) is 11.0. The summed E-state index contributed by atoms with van der Waals surface area (Å²) in [4.78, 5) is 29.1. The molecule has 4 rings (SSSR count).